The van der Waals surface area contributed by atoms with Crippen LogP contribution >= 0.6 is 11.6 Å². The van der Waals surface area contributed by atoms with Crippen LogP contribution in [0.5, 0.6) is 11.5 Å². The molecule has 6 heteroatoms. The summed E-state index contributed by atoms with van der Waals surface area (Å²) in [4.78, 5) is 6.89. The maximum Gasteiger partial charge on any atom is 0.179 e. The predicted molar refractivity (Wildman–Crippen MR) is 88.1 cm³/mol. The maximum absolute atomic E-state index is 6.38. The molecule has 0 unspecified atom stereocenters. The summed E-state index contributed by atoms with van der Waals surface area (Å²) in [6.45, 7) is 4.07. The van der Waals surface area contributed by atoms with Gasteiger partial charge in [-0.1, -0.05) is 11.6 Å². The fourth-order valence-corrected chi connectivity index (χ4v) is 3.57. The Balaban J connectivity index is 1.53. The highest BCUT2D eigenvalue weighted by Gasteiger charge is 2.21. The van der Waals surface area contributed by atoms with Gasteiger partial charge in [0, 0.05) is 45.2 Å². The number of hydrogen-bond donors (Lipinski definition) is 0. The molecular formula is C17H20ClN3O2. The van der Waals surface area contributed by atoms with Crippen LogP contribution in [-0.2, 0) is 26.6 Å². The number of imidazole rings is 1. The molecule has 0 fully saturated rings. The van der Waals surface area contributed by atoms with Crippen molar-refractivity contribution in [2.45, 2.75) is 25.9 Å². The van der Waals surface area contributed by atoms with Crippen LogP contribution in [0.1, 0.15) is 23.4 Å². The molecule has 2 aromatic rings. The summed E-state index contributed by atoms with van der Waals surface area (Å²) in [6.07, 6.45) is 3.82. The number of rotatable bonds is 2. The van der Waals surface area contributed by atoms with Gasteiger partial charge in [0.15, 0.2) is 11.5 Å². The molecule has 3 heterocycles. The number of halogens is 1. The third-order valence-corrected chi connectivity index (χ3v) is 4.73. The molecule has 5 nitrogen and oxygen atoms in total. The van der Waals surface area contributed by atoms with Gasteiger partial charge in [-0.2, -0.15) is 0 Å². The quantitative estimate of drug-likeness (QED) is 0.847. The molecule has 0 radical (unpaired) electrons. The van der Waals surface area contributed by atoms with E-state index in [1.54, 1.807) is 0 Å². The molecule has 4 rings (SSSR count). The highest BCUT2D eigenvalue weighted by molar-refractivity contribution is 6.32. The van der Waals surface area contributed by atoms with Crippen molar-refractivity contribution in [3.05, 3.63) is 40.4 Å². The third kappa shape index (κ3) is 2.91. The second-order valence-electron chi connectivity index (χ2n) is 6.16. The Morgan fingerprint density at radius 3 is 3.04 bits per heavy atom. The van der Waals surface area contributed by atoms with Crippen molar-refractivity contribution in [3.63, 3.8) is 0 Å². The van der Waals surface area contributed by atoms with E-state index < -0.39 is 0 Å². The zero-order valence-corrected chi connectivity index (χ0v) is 14.0. The van der Waals surface area contributed by atoms with Crippen molar-refractivity contribution in [3.8, 4) is 11.5 Å². The van der Waals surface area contributed by atoms with Gasteiger partial charge in [0.25, 0.3) is 0 Å². The number of nitrogens with zero attached hydrogens (tertiary/aromatic N) is 3. The lowest BCUT2D eigenvalue weighted by Gasteiger charge is -2.27. The Bertz CT molecular complexity index is 729. The van der Waals surface area contributed by atoms with Gasteiger partial charge in [-0.3, -0.25) is 4.90 Å². The molecule has 0 bridgehead atoms. The minimum absolute atomic E-state index is 0.634. The lowest BCUT2D eigenvalue weighted by molar-refractivity contribution is 0.239. The molecule has 2 aliphatic heterocycles. The molecule has 2 aliphatic rings. The molecule has 0 saturated carbocycles. The van der Waals surface area contributed by atoms with E-state index in [2.05, 4.69) is 27.6 Å². The minimum Gasteiger partial charge on any atom is -0.489 e. The van der Waals surface area contributed by atoms with Crippen molar-refractivity contribution in [2.24, 2.45) is 7.05 Å². The standard InChI is InChI=1S/C17H20ClN3O2/c1-20-11-19-14-10-21(4-3-15(14)20)9-12-7-13(18)17-16(8-12)22-5-2-6-23-17/h7-8,11H,2-6,9-10H2,1H3. The van der Waals surface area contributed by atoms with Crippen LogP contribution in [0.3, 0.4) is 0 Å². The van der Waals surface area contributed by atoms with Crippen LogP contribution < -0.4 is 9.47 Å². The summed E-state index contributed by atoms with van der Waals surface area (Å²) in [5.41, 5.74) is 3.68. The highest BCUT2D eigenvalue weighted by atomic mass is 35.5. The molecule has 0 amide bonds. The normalized spacial score (nSPS) is 17.7. The van der Waals surface area contributed by atoms with Crippen molar-refractivity contribution in [1.29, 1.82) is 0 Å². The van der Waals surface area contributed by atoms with Crippen LogP contribution in [0.15, 0.2) is 18.5 Å². The number of fused-ring (bicyclic) bond motifs is 2. The van der Waals surface area contributed by atoms with E-state index in [1.807, 2.05) is 12.4 Å². The summed E-state index contributed by atoms with van der Waals surface area (Å²) in [7, 11) is 2.06. The summed E-state index contributed by atoms with van der Waals surface area (Å²) in [6, 6.07) is 4.05. The number of hydrogen-bond acceptors (Lipinski definition) is 4. The first-order chi connectivity index (χ1) is 11.2. The van der Waals surface area contributed by atoms with Crippen molar-refractivity contribution in [2.75, 3.05) is 19.8 Å². The second-order valence-corrected chi connectivity index (χ2v) is 6.57. The van der Waals surface area contributed by atoms with Gasteiger partial charge in [0.2, 0.25) is 0 Å². The van der Waals surface area contributed by atoms with Gasteiger partial charge in [0.05, 0.1) is 30.3 Å². The predicted octanol–water partition coefficient (Wildman–Crippen LogP) is 2.79. The van der Waals surface area contributed by atoms with Crippen LogP contribution in [0.2, 0.25) is 5.02 Å². The van der Waals surface area contributed by atoms with E-state index in [0.29, 0.717) is 24.0 Å². The topological polar surface area (TPSA) is 39.5 Å². The fraction of sp³-hybridized carbons (Fsp3) is 0.471. The van der Waals surface area contributed by atoms with Gasteiger partial charge in [-0.25, -0.2) is 4.98 Å². The summed E-state index contributed by atoms with van der Waals surface area (Å²) < 4.78 is 13.6. The summed E-state index contributed by atoms with van der Waals surface area (Å²) in [5, 5.41) is 0.634. The molecule has 122 valence electrons. The largest absolute Gasteiger partial charge is 0.489 e. The van der Waals surface area contributed by atoms with Crippen LogP contribution in [0.4, 0.5) is 0 Å². The molecule has 0 aliphatic carbocycles. The van der Waals surface area contributed by atoms with E-state index in [-0.39, 0.29) is 0 Å². The number of aromatic nitrogens is 2. The number of ether oxygens (including phenoxy) is 2. The summed E-state index contributed by atoms with van der Waals surface area (Å²) >= 11 is 6.38. The number of aryl methyl sites for hydroxylation is 1. The Labute approximate surface area is 140 Å². The van der Waals surface area contributed by atoms with Gasteiger partial charge < -0.3 is 14.0 Å². The van der Waals surface area contributed by atoms with E-state index in [9.17, 15) is 0 Å². The Kier molecular flexibility index (Phi) is 3.91. The van der Waals surface area contributed by atoms with Crippen LogP contribution in [-0.4, -0.2) is 34.2 Å². The molecule has 0 saturated heterocycles. The first-order valence-corrected chi connectivity index (χ1v) is 8.38. The van der Waals surface area contributed by atoms with E-state index in [0.717, 1.165) is 43.8 Å². The molecule has 0 atom stereocenters. The third-order valence-electron chi connectivity index (χ3n) is 4.45. The monoisotopic (exact) mass is 333 g/mol. The number of benzene rings is 1. The van der Waals surface area contributed by atoms with E-state index >= 15 is 0 Å². The van der Waals surface area contributed by atoms with Gasteiger partial charge >= 0.3 is 0 Å². The van der Waals surface area contributed by atoms with Gasteiger partial charge in [0.1, 0.15) is 0 Å². The Hall–Kier alpha value is -1.72. The van der Waals surface area contributed by atoms with Crippen molar-refractivity contribution >= 4 is 11.6 Å². The zero-order valence-electron chi connectivity index (χ0n) is 13.2. The molecule has 0 spiro atoms. The SMILES string of the molecule is Cn1cnc2c1CCN(Cc1cc(Cl)c3c(c1)OCCCO3)C2. The van der Waals surface area contributed by atoms with Gasteiger partial charge in [-0.15, -0.1) is 0 Å². The average molecular weight is 334 g/mol. The highest BCUT2D eigenvalue weighted by Crippen LogP contribution is 2.38. The zero-order chi connectivity index (χ0) is 15.8. The lowest BCUT2D eigenvalue weighted by atomic mass is 10.1. The first kappa shape index (κ1) is 14.8. The Morgan fingerprint density at radius 2 is 2.13 bits per heavy atom. The molecule has 1 aromatic heterocycles. The molecular weight excluding hydrogens is 314 g/mol. The van der Waals surface area contributed by atoms with E-state index in [1.165, 1.54) is 11.4 Å². The first-order valence-electron chi connectivity index (χ1n) is 8.00. The second kappa shape index (κ2) is 6.06. The van der Waals surface area contributed by atoms with Gasteiger partial charge in [-0.05, 0) is 17.7 Å². The van der Waals surface area contributed by atoms with Crippen molar-refractivity contribution < 1.29 is 9.47 Å². The Morgan fingerprint density at radius 1 is 1.26 bits per heavy atom. The lowest BCUT2D eigenvalue weighted by Crippen LogP contribution is -2.30. The molecule has 23 heavy (non-hydrogen) atoms. The molecule has 0 N–H and O–H groups in total. The van der Waals surface area contributed by atoms with Crippen LogP contribution in [0, 0.1) is 0 Å². The van der Waals surface area contributed by atoms with E-state index in [4.69, 9.17) is 21.1 Å². The van der Waals surface area contributed by atoms with Crippen LogP contribution in [0.25, 0.3) is 0 Å². The fourth-order valence-electron chi connectivity index (χ4n) is 3.28. The maximum atomic E-state index is 6.38. The molecule has 1 aromatic carbocycles. The smallest absolute Gasteiger partial charge is 0.179 e. The average Bonchev–Trinajstić information content (AvgIpc) is 2.75. The summed E-state index contributed by atoms with van der Waals surface area (Å²) in [5.74, 6) is 1.44. The minimum atomic E-state index is 0.634. The van der Waals surface area contributed by atoms with Crippen molar-refractivity contribution in [1.82, 2.24) is 14.5 Å².